The highest BCUT2D eigenvalue weighted by molar-refractivity contribution is 7.98. The summed E-state index contributed by atoms with van der Waals surface area (Å²) in [5.41, 5.74) is -0.216. The Morgan fingerprint density at radius 1 is 1.21 bits per heavy atom. The van der Waals surface area contributed by atoms with Gasteiger partial charge >= 0.3 is 0 Å². The number of piperidine rings is 1. The van der Waals surface area contributed by atoms with E-state index < -0.39 is 0 Å². The third kappa shape index (κ3) is 3.66. The largest absolute Gasteiger partial charge is 0.341 e. The Morgan fingerprint density at radius 3 is 2.53 bits per heavy atom. The molecule has 3 nitrogen and oxygen atoms in total. The van der Waals surface area contributed by atoms with Gasteiger partial charge in [0, 0.05) is 24.9 Å². The Labute approximate surface area is 122 Å². The van der Waals surface area contributed by atoms with Gasteiger partial charge in [-0.2, -0.15) is 11.8 Å². The van der Waals surface area contributed by atoms with Gasteiger partial charge in [-0.3, -0.25) is 9.69 Å². The van der Waals surface area contributed by atoms with Crippen LogP contribution in [0.1, 0.15) is 39.5 Å². The van der Waals surface area contributed by atoms with Gasteiger partial charge in [-0.05, 0) is 45.0 Å². The average Bonchev–Trinajstić information content (AvgIpc) is 2.92. The summed E-state index contributed by atoms with van der Waals surface area (Å²) in [6.45, 7) is 8.57. The van der Waals surface area contributed by atoms with Crippen molar-refractivity contribution in [3.63, 3.8) is 0 Å². The maximum atomic E-state index is 12.7. The van der Waals surface area contributed by atoms with E-state index in [1.54, 1.807) is 11.8 Å². The van der Waals surface area contributed by atoms with E-state index in [2.05, 4.69) is 29.9 Å². The first-order valence-electron chi connectivity index (χ1n) is 7.57. The fourth-order valence-electron chi connectivity index (χ4n) is 3.39. The monoisotopic (exact) mass is 284 g/mol. The molecule has 19 heavy (non-hydrogen) atoms. The summed E-state index contributed by atoms with van der Waals surface area (Å²) in [5.74, 6) is 1.27. The van der Waals surface area contributed by atoms with Crippen molar-refractivity contribution in [2.45, 2.75) is 45.6 Å². The van der Waals surface area contributed by atoms with Crippen molar-refractivity contribution in [3.05, 3.63) is 0 Å². The van der Waals surface area contributed by atoms with Crippen LogP contribution in [0.3, 0.4) is 0 Å². The van der Waals surface area contributed by atoms with Gasteiger partial charge in [0.05, 0.1) is 5.41 Å². The van der Waals surface area contributed by atoms with Gasteiger partial charge in [-0.25, -0.2) is 0 Å². The minimum atomic E-state index is -0.216. The van der Waals surface area contributed by atoms with E-state index in [0.29, 0.717) is 11.9 Å². The summed E-state index contributed by atoms with van der Waals surface area (Å²) >= 11 is 1.77. The van der Waals surface area contributed by atoms with Crippen molar-refractivity contribution in [3.8, 4) is 0 Å². The predicted octanol–water partition coefficient (Wildman–Crippen LogP) is 2.46. The average molecular weight is 284 g/mol. The highest BCUT2D eigenvalue weighted by Crippen LogP contribution is 2.27. The second-order valence-corrected chi connectivity index (χ2v) is 7.47. The minimum absolute atomic E-state index is 0.216. The molecule has 1 unspecified atom stereocenters. The zero-order valence-corrected chi connectivity index (χ0v) is 13.5. The smallest absolute Gasteiger partial charge is 0.229 e. The summed E-state index contributed by atoms with van der Waals surface area (Å²) in [6, 6.07) is 0.616. The maximum Gasteiger partial charge on any atom is 0.229 e. The van der Waals surface area contributed by atoms with Crippen molar-refractivity contribution < 1.29 is 4.79 Å². The molecule has 0 N–H and O–H groups in total. The van der Waals surface area contributed by atoms with E-state index in [1.807, 2.05) is 0 Å². The van der Waals surface area contributed by atoms with Crippen LogP contribution in [0, 0.1) is 5.41 Å². The van der Waals surface area contributed by atoms with Crippen LogP contribution < -0.4 is 0 Å². The molecule has 1 amide bonds. The molecule has 0 aromatic rings. The molecule has 2 heterocycles. The third-order valence-corrected chi connectivity index (χ3v) is 5.44. The molecule has 1 atom stereocenters. The molecule has 0 bridgehead atoms. The van der Waals surface area contributed by atoms with Crippen LogP contribution in [0.5, 0.6) is 0 Å². The molecule has 2 rings (SSSR count). The highest BCUT2D eigenvalue weighted by Gasteiger charge is 2.35. The van der Waals surface area contributed by atoms with E-state index in [-0.39, 0.29) is 5.41 Å². The standard InChI is InChI=1S/C15H28N2OS/c1-15(2,12-19-3)14(18)17-10-6-7-13(11-17)16-8-4-5-9-16/h13H,4-12H2,1-3H3. The lowest BCUT2D eigenvalue weighted by Crippen LogP contribution is -2.52. The van der Waals surface area contributed by atoms with Crippen LogP contribution in [-0.2, 0) is 4.79 Å². The third-order valence-electron chi connectivity index (χ3n) is 4.42. The molecule has 2 aliphatic heterocycles. The summed E-state index contributed by atoms with van der Waals surface area (Å²) in [4.78, 5) is 17.4. The van der Waals surface area contributed by atoms with Gasteiger partial charge in [0.15, 0.2) is 0 Å². The first-order valence-corrected chi connectivity index (χ1v) is 8.96. The fourth-order valence-corrected chi connectivity index (χ4v) is 4.24. The van der Waals surface area contributed by atoms with E-state index in [4.69, 9.17) is 0 Å². The van der Waals surface area contributed by atoms with Gasteiger partial charge < -0.3 is 4.90 Å². The first-order chi connectivity index (χ1) is 9.04. The zero-order valence-electron chi connectivity index (χ0n) is 12.7. The summed E-state index contributed by atoms with van der Waals surface area (Å²) in [5, 5.41) is 0. The van der Waals surface area contributed by atoms with Gasteiger partial charge in [0.1, 0.15) is 0 Å². The van der Waals surface area contributed by atoms with Crippen molar-refractivity contribution in [2.75, 3.05) is 38.2 Å². The molecule has 2 saturated heterocycles. The second kappa shape index (κ2) is 6.49. The number of thioether (sulfide) groups is 1. The molecule has 0 aromatic carbocycles. The van der Waals surface area contributed by atoms with Crippen LogP contribution in [-0.4, -0.2) is 59.9 Å². The number of hydrogen-bond donors (Lipinski definition) is 0. The molecular weight excluding hydrogens is 256 g/mol. The Morgan fingerprint density at radius 2 is 1.89 bits per heavy atom. The van der Waals surface area contributed by atoms with Crippen LogP contribution in [0.4, 0.5) is 0 Å². The van der Waals surface area contributed by atoms with E-state index in [1.165, 1.54) is 38.8 Å². The lowest BCUT2D eigenvalue weighted by atomic mass is 9.92. The second-order valence-electron chi connectivity index (χ2n) is 6.61. The van der Waals surface area contributed by atoms with E-state index >= 15 is 0 Å². The lowest BCUT2D eigenvalue weighted by Gasteiger charge is -2.40. The summed E-state index contributed by atoms with van der Waals surface area (Å²) in [6.07, 6.45) is 7.19. The normalized spacial score (nSPS) is 25.8. The van der Waals surface area contributed by atoms with Crippen molar-refractivity contribution in [1.82, 2.24) is 9.80 Å². The first kappa shape index (κ1) is 15.2. The van der Waals surface area contributed by atoms with Gasteiger partial charge in [-0.1, -0.05) is 13.8 Å². The Kier molecular flexibility index (Phi) is 5.18. The van der Waals surface area contributed by atoms with Gasteiger partial charge in [0.25, 0.3) is 0 Å². The Bertz CT molecular complexity index is 313. The molecule has 2 fully saturated rings. The molecule has 0 saturated carbocycles. The number of rotatable bonds is 4. The number of nitrogens with zero attached hydrogens (tertiary/aromatic N) is 2. The number of amides is 1. The van der Waals surface area contributed by atoms with Crippen molar-refractivity contribution in [2.24, 2.45) is 5.41 Å². The molecule has 0 radical (unpaired) electrons. The quantitative estimate of drug-likeness (QED) is 0.792. The molecule has 4 heteroatoms. The number of likely N-dealkylation sites (tertiary alicyclic amines) is 2. The van der Waals surface area contributed by atoms with Crippen LogP contribution in [0.2, 0.25) is 0 Å². The molecule has 0 aliphatic carbocycles. The van der Waals surface area contributed by atoms with Crippen LogP contribution >= 0.6 is 11.8 Å². The Hall–Kier alpha value is -0.220. The fraction of sp³-hybridized carbons (Fsp3) is 0.933. The van der Waals surface area contributed by atoms with Crippen LogP contribution in [0.15, 0.2) is 0 Å². The Balaban J connectivity index is 1.94. The predicted molar refractivity (Wildman–Crippen MR) is 82.6 cm³/mol. The molecular formula is C15H28N2OS. The van der Waals surface area contributed by atoms with Gasteiger partial charge in [-0.15, -0.1) is 0 Å². The SMILES string of the molecule is CSCC(C)(C)C(=O)N1CCCC(N2CCCC2)C1. The number of carbonyl (C=O) groups excluding carboxylic acids is 1. The van der Waals surface area contributed by atoms with E-state index in [9.17, 15) is 4.79 Å². The van der Waals surface area contributed by atoms with Crippen LogP contribution in [0.25, 0.3) is 0 Å². The van der Waals surface area contributed by atoms with E-state index in [0.717, 1.165) is 18.8 Å². The maximum absolute atomic E-state index is 12.7. The van der Waals surface area contributed by atoms with Crippen molar-refractivity contribution in [1.29, 1.82) is 0 Å². The number of carbonyl (C=O) groups is 1. The molecule has 110 valence electrons. The summed E-state index contributed by atoms with van der Waals surface area (Å²) < 4.78 is 0. The minimum Gasteiger partial charge on any atom is -0.341 e. The zero-order chi connectivity index (χ0) is 13.9. The molecule has 0 spiro atoms. The topological polar surface area (TPSA) is 23.6 Å². The molecule has 0 aromatic heterocycles. The summed E-state index contributed by atoms with van der Waals surface area (Å²) in [7, 11) is 0. The van der Waals surface area contributed by atoms with Crippen molar-refractivity contribution >= 4 is 17.7 Å². The van der Waals surface area contributed by atoms with Gasteiger partial charge in [0.2, 0.25) is 5.91 Å². The number of hydrogen-bond acceptors (Lipinski definition) is 3. The lowest BCUT2D eigenvalue weighted by molar-refractivity contribution is -0.141. The highest BCUT2D eigenvalue weighted by atomic mass is 32.2. The molecule has 2 aliphatic rings.